The van der Waals surface area contributed by atoms with E-state index in [4.69, 9.17) is 4.18 Å². The van der Waals surface area contributed by atoms with E-state index in [1.54, 1.807) is 0 Å². The first-order chi connectivity index (χ1) is 9.42. The molecule has 0 radical (unpaired) electrons. The number of rotatable bonds is 7. The van der Waals surface area contributed by atoms with E-state index in [2.05, 4.69) is 4.98 Å². The summed E-state index contributed by atoms with van der Waals surface area (Å²) in [6.07, 6.45) is -0.520. The molecular weight excluding hydrogens is 306 g/mol. The summed E-state index contributed by atoms with van der Waals surface area (Å²) in [5, 5.41) is 20.4. The van der Waals surface area contributed by atoms with E-state index in [0.29, 0.717) is 0 Å². The Morgan fingerprint density at radius 2 is 2.00 bits per heavy atom. The lowest BCUT2D eigenvalue weighted by atomic mass is 9.96. The van der Waals surface area contributed by atoms with Crippen LogP contribution in [0.2, 0.25) is 0 Å². The lowest BCUT2D eigenvalue weighted by Crippen LogP contribution is -2.31. The van der Waals surface area contributed by atoms with Crippen molar-refractivity contribution in [2.45, 2.75) is 38.3 Å². The highest BCUT2D eigenvalue weighted by Gasteiger charge is 2.34. The molecule has 1 aromatic rings. The maximum atomic E-state index is 11.3. The van der Waals surface area contributed by atoms with Crippen LogP contribution in [0.1, 0.15) is 38.5 Å². The number of nitro groups is 1. The molecule has 1 atom stereocenters. The molecule has 0 bridgehead atoms. The van der Waals surface area contributed by atoms with E-state index in [1.807, 2.05) is 4.98 Å². The third-order valence-electron chi connectivity index (χ3n) is 2.86. The molecule has 0 aliphatic rings. The third kappa shape index (κ3) is 4.86. The molecule has 0 saturated carbocycles. The van der Waals surface area contributed by atoms with Crippen molar-refractivity contribution in [1.29, 1.82) is 0 Å². The molecule has 3 N–H and O–H groups in total. The van der Waals surface area contributed by atoms with E-state index in [9.17, 15) is 28.4 Å². The van der Waals surface area contributed by atoms with Crippen molar-refractivity contribution in [3.8, 4) is 5.88 Å². The fourth-order valence-corrected chi connectivity index (χ4v) is 2.26. The molecule has 120 valence electrons. The van der Waals surface area contributed by atoms with Gasteiger partial charge >= 0.3 is 5.69 Å². The molecule has 1 rings (SSSR count). The molecule has 0 fully saturated rings. The van der Waals surface area contributed by atoms with Crippen molar-refractivity contribution in [2.75, 3.05) is 6.26 Å². The SMILES string of the molecule is CC(C)(CCC(OS(C)(=O)=O)c1[nH]c(=O)[nH]c1O)[N+](=O)[O-]. The van der Waals surface area contributed by atoms with Crippen molar-refractivity contribution in [2.24, 2.45) is 0 Å². The second-order valence-corrected chi connectivity index (χ2v) is 6.84. The molecule has 1 heterocycles. The first-order valence-corrected chi connectivity index (χ1v) is 7.78. The van der Waals surface area contributed by atoms with E-state index in [0.717, 1.165) is 6.26 Å². The van der Waals surface area contributed by atoms with Gasteiger partial charge in [-0.05, 0) is 6.42 Å². The second-order valence-electron chi connectivity index (χ2n) is 5.24. The number of nitrogens with zero attached hydrogens (tertiary/aromatic N) is 1. The van der Waals surface area contributed by atoms with Crippen LogP contribution >= 0.6 is 0 Å². The summed E-state index contributed by atoms with van der Waals surface area (Å²) in [5.41, 5.74) is -2.20. The topological polar surface area (TPSA) is 155 Å². The number of aromatic nitrogens is 2. The van der Waals surface area contributed by atoms with Crippen molar-refractivity contribution in [3.05, 3.63) is 26.3 Å². The largest absolute Gasteiger partial charge is 0.493 e. The van der Waals surface area contributed by atoms with Crippen molar-refractivity contribution >= 4 is 10.1 Å². The monoisotopic (exact) mass is 323 g/mol. The Morgan fingerprint density at radius 3 is 2.38 bits per heavy atom. The third-order valence-corrected chi connectivity index (χ3v) is 3.44. The van der Waals surface area contributed by atoms with Gasteiger partial charge in [0.25, 0.3) is 10.1 Å². The Morgan fingerprint density at radius 1 is 1.43 bits per heavy atom. The van der Waals surface area contributed by atoms with Gasteiger partial charge in [0.1, 0.15) is 11.8 Å². The minimum Gasteiger partial charge on any atom is -0.493 e. The second kappa shape index (κ2) is 5.85. The summed E-state index contributed by atoms with van der Waals surface area (Å²) in [7, 11) is -3.88. The standard InChI is InChI=1S/C10H17N3O7S/c1-10(2,13(16)17)5-4-6(20-21(3,18)19)7-8(14)12-9(15)11-7/h6,14H,4-5H2,1-3H3,(H2,11,12,15). The van der Waals surface area contributed by atoms with Crippen LogP contribution in [0.3, 0.4) is 0 Å². The maximum absolute atomic E-state index is 11.3. The molecule has 0 aliphatic carbocycles. The van der Waals surface area contributed by atoms with Crippen LogP contribution in [0, 0.1) is 10.1 Å². The van der Waals surface area contributed by atoms with Gasteiger partial charge in [-0.1, -0.05) is 0 Å². The zero-order valence-corrected chi connectivity index (χ0v) is 12.6. The Bertz CT molecular complexity index is 673. The molecule has 0 aromatic carbocycles. The summed E-state index contributed by atoms with van der Waals surface area (Å²) < 4.78 is 27.3. The van der Waals surface area contributed by atoms with Gasteiger partial charge in [-0.2, -0.15) is 8.42 Å². The number of hydrogen-bond donors (Lipinski definition) is 3. The van der Waals surface area contributed by atoms with Crippen molar-refractivity contribution < 1.29 is 22.6 Å². The molecule has 0 amide bonds. The quantitative estimate of drug-likeness (QED) is 0.369. The van der Waals surface area contributed by atoms with Gasteiger partial charge in [0.05, 0.1) is 6.26 Å². The van der Waals surface area contributed by atoms with Gasteiger partial charge in [0.15, 0.2) is 0 Å². The Kier molecular flexibility index (Phi) is 4.79. The summed E-state index contributed by atoms with van der Waals surface area (Å²) in [5.74, 6) is -0.562. The summed E-state index contributed by atoms with van der Waals surface area (Å²) in [4.78, 5) is 25.7. The van der Waals surface area contributed by atoms with Gasteiger partial charge in [-0.15, -0.1) is 0 Å². The van der Waals surface area contributed by atoms with Gasteiger partial charge in [-0.25, -0.2) is 4.79 Å². The van der Waals surface area contributed by atoms with Gasteiger partial charge in [-0.3, -0.25) is 19.3 Å². The van der Waals surface area contributed by atoms with Gasteiger partial charge < -0.3 is 10.1 Å². The van der Waals surface area contributed by atoms with Gasteiger partial charge in [0.2, 0.25) is 11.4 Å². The molecule has 1 aromatic heterocycles. The number of hydrogen-bond acceptors (Lipinski definition) is 7. The molecule has 0 aliphatic heterocycles. The van der Waals surface area contributed by atoms with E-state index < -0.39 is 38.3 Å². The Labute approximate surface area is 120 Å². The van der Waals surface area contributed by atoms with Crippen LogP contribution in [-0.2, 0) is 14.3 Å². The van der Waals surface area contributed by atoms with E-state index in [1.165, 1.54) is 13.8 Å². The molecule has 0 spiro atoms. The van der Waals surface area contributed by atoms with E-state index >= 15 is 0 Å². The van der Waals surface area contributed by atoms with Crippen LogP contribution in [0.25, 0.3) is 0 Å². The number of aromatic hydroxyl groups is 1. The molecule has 10 nitrogen and oxygen atoms in total. The minimum atomic E-state index is -3.88. The van der Waals surface area contributed by atoms with Crippen molar-refractivity contribution in [3.63, 3.8) is 0 Å². The predicted molar refractivity (Wildman–Crippen MR) is 72.1 cm³/mol. The lowest BCUT2D eigenvalue weighted by Gasteiger charge is -2.19. The van der Waals surface area contributed by atoms with E-state index in [-0.39, 0.29) is 18.5 Å². The fraction of sp³-hybridized carbons (Fsp3) is 0.700. The number of H-pyrrole nitrogens is 2. The van der Waals surface area contributed by atoms with Crippen LogP contribution in [0.4, 0.5) is 0 Å². The zero-order chi connectivity index (χ0) is 16.4. The molecular formula is C10H17N3O7S. The van der Waals surface area contributed by atoms with Crippen LogP contribution in [0.5, 0.6) is 5.88 Å². The smallest absolute Gasteiger partial charge is 0.326 e. The number of aromatic amines is 2. The van der Waals surface area contributed by atoms with Crippen LogP contribution < -0.4 is 5.69 Å². The zero-order valence-electron chi connectivity index (χ0n) is 11.7. The average molecular weight is 323 g/mol. The maximum Gasteiger partial charge on any atom is 0.326 e. The summed E-state index contributed by atoms with van der Waals surface area (Å²) >= 11 is 0. The fourth-order valence-electron chi connectivity index (χ4n) is 1.65. The molecule has 11 heteroatoms. The minimum absolute atomic E-state index is 0.0210. The Balaban J connectivity index is 3.02. The Hall–Kier alpha value is -1.88. The highest BCUT2D eigenvalue weighted by Crippen LogP contribution is 2.30. The molecule has 1 unspecified atom stereocenters. The lowest BCUT2D eigenvalue weighted by molar-refractivity contribution is -0.561. The predicted octanol–water partition coefficient (Wildman–Crippen LogP) is 0.261. The van der Waals surface area contributed by atoms with Crippen LogP contribution in [-0.4, -0.2) is 40.2 Å². The summed E-state index contributed by atoms with van der Waals surface area (Å²) in [6.45, 7) is 2.76. The average Bonchev–Trinajstić information content (AvgIpc) is 2.62. The first-order valence-electron chi connectivity index (χ1n) is 5.96. The number of imidazole rings is 1. The molecule has 0 saturated heterocycles. The van der Waals surface area contributed by atoms with Crippen LogP contribution in [0.15, 0.2) is 4.79 Å². The highest BCUT2D eigenvalue weighted by atomic mass is 32.2. The highest BCUT2D eigenvalue weighted by molar-refractivity contribution is 7.86. The summed E-state index contributed by atoms with van der Waals surface area (Å²) in [6, 6.07) is 0. The normalized spacial score (nSPS) is 14.0. The number of nitrogens with one attached hydrogen (secondary N) is 2. The van der Waals surface area contributed by atoms with Gasteiger partial charge in [0, 0.05) is 25.2 Å². The van der Waals surface area contributed by atoms with Crippen molar-refractivity contribution in [1.82, 2.24) is 9.97 Å². The molecule has 21 heavy (non-hydrogen) atoms. The first kappa shape index (κ1) is 17.2.